The molecule has 4 rings (SSSR count). The van der Waals surface area contributed by atoms with Crippen molar-refractivity contribution >= 4 is 28.9 Å². The molecule has 1 fully saturated rings. The summed E-state index contributed by atoms with van der Waals surface area (Å²) >= 11 is 1.54. The highest BCUT2D eigenvalue weighted by Gasteiger charge is 2.24. The van der Waals surface area contributed by atoms with E-state index >= 15 is 0 Å². The molecule has 0 unspecified atom stereocenters. The maximum atomic E-state index is 12.9. The molecule has 4 heterocycles. The summed E-state index contributed by atoms with van der Waals surface area (Å²) in [4.78, 5) is 40.8. The van der Waals surface area contributed by atoms with Gasteiger partial charge in [0.05, 0.1) is 0 Å². The Bertz CT molecular complexity index is 1140. The van der Waals surface area contributed by atoms with Crippen LogP contribution in [0.4, 0.5) is 5.95 Å². The van der Waals surface area contributed by atoms with Crippen molar-refractivity contribution in [2.75, 3.05) is 23.7 Å². The van der Waals surface area contributed by atoms with Crippen molar-refractivity contribution in [2.45, 2.75) is 31.5 Å². The number of aromatic nitrogens is 6. The monoisotopic (exact) mass is 401 g/mol. The van der Waals surface area contributed by atoms with E-state index in [0.717, 1.165) is 42.1 Å². The van der Waals surface area contributed by atoms with Gasteiger partial charge in [0.15, 0.2) is 16.3 Å². The Hall–Kier alpha value is -2.62. The van der Waals surface area contributed by atoms with E-state index in [1.165, 1.54) is 11.6 Å². The van der Waals surface area contributed by atoms with Gasteiger partial charge in [-0.15, -0.1) is 0 Å². The molecule has 0 radical (unpaired) electrons. The molecule has 0 aliphatic carbocycles. The SMILES string of the molecule is Cc1ccnc(SCCn2c(N3CCCC3)nc3c2c(=O)n(C)c(=O)n3C)n1. The minimum Gasteiger partial charge on any atom is -0.342 e. The average molecular weight is 401 g/mol. The Balaban J connectivity index is 1.75. The molecule has 1 saturated heterocycles. The normalized spacial score (nSPS) is 14.3. The topological polar surface area (TPSA) is 90.8 Å². The van der Waals surface area contributed by atoms with Crippen LogP contribution in [0.1, 0.15) is 18.5 Å². The van der Waals surface area contributed by atoms with Crippen LogP contribution in [0.25, 0.3) is 11.2 Å². The van der Waals surface area contributed by atoms with Crippen molar-refractivity contribution in [3.05, 3.63) is 38.8 Å². The highest BCUT2D eigenvalue weighted by Crippen LogP contribution is 2.24. The molecule has 3 aromatic heterocycles. The van der Waals surface area contributed by atoms with E-state index in [1.807, 2.05) is 17.6 Å². The van der Waals surface area contributed by atoms with Crippen molar-refractivity contribution in [3.63, 3.8) is 0 Å². The average Bonchev–Trinajstić information content (AvgIpc) is 3.33. The number of fused-ring (bicyclic) bond motifs is 1. The Labute approximate surface area is 166 Å². The van der Waals surface area contributed by atoms with E-state index in [0.29, 0.717) is 28.6 Å². The minimum atomic E-state index is -0.363. The lowest BCUT2D eigenvalue weighted by Gasteiger charge is -2.18. The molecule has 148 valence electrons. The van der Waals surface area contributed by atoms with Gasteiger partial charge in [0.2, 0.25) is 5.95 Å². The Morgan fingerprint density at radius 2 is 1.86 bits per heavy atom. The number of thioether (sulfide) groups is 1. The molecule has 0 amide bonds. The third-order valence-corrected chi connectivity index (χ3v) is 5.88. The molecular formula is C18H23N7O2S. The fraction of sp³-hybridized carbons (Fsp3) is 0.500. The lowest BCUT2D eigenvalue weighted by Crippen LogP contribution is -2.37. The molecule has 0 aromatic carbocycles. The van der Waals surface area contributed by atoms with Gasteiger partial charge in [-0.25, -0.2) is 14.8 Å². The molecule has 0 bridgehead atoms. The number of nitrogens with zero attached hydrogens (tertiary/aromatic N) is 7. The molecular weight excluding hydrogens is 378 g/mol. The van der Waals surface area contributed by atoms with Gasteiger partial charge in [0.1, 0.15) is 0 Å². The van der Waals surface area contributed by atoms with Crippen molar-refractivity contribution in [1.82, 2.24) is 28.7 Å². The van der Waals surface area contributed by atoms with Crippen LogP contribution in [0.15, 0.2) is 27.0 Å². The van der Waals surface area contributed by atoms with E-state index in [-0.39, 0.29) is 11.2 Å². The second-order valence-corrected chi connectivity index (χ2v) is 8.03. The summed E-state index contributed by atoms with van der Waals surface area (Å²) in [7, 11) is 3.16. The maximum absolute atomic E-state index is 12.9. The molecule has 10 heteroatoms. The zero-order valence-corrected chi connectivity index (χ0v) is 17.1. The molecule has 0 saturated carbocycles. The van der Waals surface area contributed by atoms with Gasteiger partial charge in [0, 0.05) is 51.4 Å². The van der Waals surface area contributed by atoms with Crippen LogP contribution in [0.2, 0.25) is 0 Å². The maximum Gasteiger partial charge on any atom is 0.332 e. The number of aryl methyl sites for hydroxylation is 3. The van der Waals surface area contributed by atoms with Gasteiger partial charge < -0.3 is 9.47 Å². The third-order valence-electron chi connectivity index (χ3n) is 5.04. The highest BCUT2D eigenvalue weighted by molar-refractivity contribution is 7.99. The predicted octanol–water partition coefficient (Wildman–Crippen LogP) is 0.925. The first-order valence-electron chi connectivity index (χ1n) is 9.31. The summed E-state index contributed by atoms with van der Waals surface area (Å²) in [6, 6.07) is 1.86. The fourth-order valence-corrected chi connectivity index (χ4v) is 4.33. The van der Waals surface area contributed by atoms with Crippen molar-refractivity contribution in [2.24, 2.45) is 14.1 Å². The van der Waals surface area contributed by atoms with Gasteiger partial charge >= 0.3 is 5.69 Å². The Morgan fingerprint density at radius 1 is 1.11 bits per heavy atom. The predicted molar refractivity (Wildman–Crippen MR) is 109 cm³/mol. The first-order chi connectivity index (χ1) is 13.5. The number of anilines is 1. The van der Waals surface area contributed by atoms with Gasteiger partial charge in [-0.2, -0.15) is 4.98 Å². The van der Waals surface area contributed by atoms with Gasteiger partial charge in [-0.05, 0) is 25.8 Å². The summed E-state index contributed by atoms with van der Waals surface area (Å²) in [6.45, 7) is 4.33. The van der Waals surface area contributed by atoms with Crippen LogP contribution in [0.5, 0.6) is 0 Å². The lowest BCUT2D eigenvalue weighted by molar-refractivity contribution is 0.699. The first kappa shape index (κ1) is 18.7. The van der Waals surface area contributed by atoms with Crippen LogP contribution in [-0.2, 0) is 20.6 Å². The van der Waals surface area contributed by atoms with E-state index in [1.54, 1.807) is 25.0 Å². The second kappa shape index (κ2) is 7.42. The summed E-state index contributed by atoms with van der Waals surface area (Å²) < 4.78 is 4.54. The van der Waals surface area contributed by atoms with Gasteiger partial charge in [-0.1, -0.05) is 11.8 Å². The Kier molecular flexibility index (Phi) is 4.96. The number of imidazole rings is 1. The second-order valence-electron chi connectivity index (χ2n) is 6.96. The van der Waals surface area contributed by atoms with E-state index in [9.17, 15) is 9.59 Å². The number of hydrogen-bond acceptors (Lipinski definition) is 7. The molecule has 1 aliphatic rings. The highest BCUT2D eigenvalue weighted by atomic mass is 32.2. The number of rotatable bonds is 5. The van der Waals surface area contributed by atoms with Crippen molar-refractivity contribution in [1.29, 1.82) is 0 Å². The quantitative estimate of drug-likeness (QED) is 0.464. The van der Waals surface area contributed by atoms with Gasteiger partial charge in [0.25, 0.3) is 5.56 Å². The zero-order chi connectivity index (χ0) is 19.8. The smallest absolute Gasteiger partial charge is 0.332 e. The molecule has 9 nitrogen and oxygen atoms in total. The lowest BCUT2D eigenvalue weighted by atomic mass is 10.4. The van der Waals surface area contributed by atoms with Crippen LogP contribution >= 0.6 is 11.8 Å². The van der Waals surface area contributed by atoms with Gasteiger partial charge in [-0.3, -0.25) is 13.9 Å². The van der Waals surface area contributed by atoms with Crippen LogP contribution in [0.3, 0.4) is 0 Å². The Morgan fingerprint density at radius 3 is 2.57 bits per heavy atom. The largest absolute Gasteiger partial charge is 0.342 e. The number of hydrogen-bond donors (Lipinski definition) is 0. The fourth-order valence-electron chi connectivity index (χ4n) is 3.53. The summed E-state index contributed by atoms with van der Waals surface area (Å²) in [5.74, 6) is 1.46. The molecule has 3 aromatic rings. The third kappa shape index (κ3) is 3.21. The van der Waals surface area contributed by atoms with Crippen LogP contribution in [0, 0.1) is 6.92 Å². The summed E-state index contributed by atoms with van der Waals surface area (Å²) in [5.41, 5.74) is 1.15. The molecule has 0 atom stereocenters. The minimum absolute atomic E-state index is 0.312. The van der Waals surface area contributed by atoms with Crippen molar-refractivity contribution < 1.29 is 0 Å². The molecule has 28 heavy (non-hydrogen) atoms. The van der Waals surface area contributed by atoms with E-state index < -0.39 is 0 Å². The molecule has 0 N–H and O–H groups in total. The summed E-state index contributed by atoms with van der Waals surface area (Å²) in [6.07, 6.45) is 3.95. The van der Waals surface area contributed by atoms with Crippen molar-refractivity contribution in [3.8, 4) is 0 Å². The van der Waals surface area contributed by atoms with Crippen LogP contribution < -0.4 is 16.1 Å². The van der Waals surface area contributed by atoms with E-state index in [4.69, 9.17) is 4.98 Å². The first-order valence-corrected chi connectivity index (χ1v) is 10.3. The molecule has 0 spiro atoms. The zero-order valence-electron chi connectivity index (χ0n) is 16.3. The van der Waals surface area contributed by atoms with E-state index in [2.05, 4.69) is 14.9 Å². The van der Waals surface area contributed by atoms with Crippen LogP contribution in [-0.4, -0.2) is 47.5 Å². The standard InChI is InChI=1S/C18H23N7O2S/c1-12-6-7-19-16(20-12)28-11-10-25-13-14(21-17(25)24-8-4-5-9-24)22(2)18(27)23(3)15(13)26/h6-7H,4-5,8-11H2,1-3H3. The molecule has 1 aliphatic heterocycles. The summed E-state index contributed by atoms with van der Waals surface area (Å²) in [5, 5.41) is 0.715.